The van der Waals surface area contributed by atoms with E-state index in [1.54, 1.807) is 0 Å². The zero-order valence-electron chi connectivity index (χ0n) is 22.5. The van der Waals surface area contributed by atoms with E-state index in [9.17, 15) is 61.8 Å². The summed E-state index contributed by atoms with van der Waals surface area (Å²) in [5.74, 6) is -1.92. The minimum Gasteiger partial charge on any atom is -0.505 e. The smallest absolute Gasteiger partial charge is 0.297 e. The van der Waals surface area contributed by atoms with Crippen molar-refractivity contribution in [1.29, 1.82) is 0 Å². The Bertz CT molecular complexity index is 2410. The molecule has 0 bridgehead atoms. The van der Waals surface area contributed by atoms with Crippen LogP contribution in [0.1, 0.15) is 6.92 Å². The molecule has 0 heterocycles. The van der Waals surface area contributed by atoms with Gasteiger partial charge in [-0.05, 0) is 35.7 Å². The number of aromatic hydroxyl groups is 1. The molecule has 240 valence electrons. The van der Waals surface area contributed by atoms with Gasteiger partial charge in [0, 0.05) is 24.7 Å². The van der Waals surface area contributed by atoms with E-state index in [0.29, 0.717) is 17.1 Å². The second-order valence-electron chi connectivity index (χ2n) is 9.06. The Morgan fingerprint density at radius 1 is 0.756 bits per heavy atom. The van der Waals surface area contributed by atoms with Crippen LogP contribution >= 0.6 is 0 Å². The molecule has 0 fully saturated rings. The zero-order chi connectivity index (χ0) is 33.9. The van der Waals surface area contributed by atoms with Gasteiger partial charge in [0.25, 0.3) is 40.5 Å². The van der Waals surface area contributed by atoms with E-state index < -0.39 is 105 Å². The molecule has 0 atom stereocenters. The lowest BCUT2D eigenvalue weighted by atomic mass is 10.1. The Balaban J connectivity index is 2.14. The van der Waals surface area contributed by atoms with Gasteiger partial charge in [0.2, 0.25) is 5.91 Å². The number of hydrazine groups is 1. The summed E-state index contributed by atoms with van der Waals surface area (Å²) in [7, 11) is -19.2. The van der Waals surface area contributed by atoms with Crippen LogP contribution in [0.2, 0.25) is 0 Å². The third-order valence-electron chi connectivity index (χ3n) is 6.20. The van der Waals surface area contributed by atoms with Gasteiger partial charge >= 0.3 is 0 Å². The summed E-state index contributed by atoms with van der Waals surface area (Å²) in [5, 5.41) is 17.4. The summed E-state index contributed by atoms with van der Waals surface area (Å²) >= 11 is 0. The molecule has 4 rings (SSSR count). The van der Waals surface area contributed by atoms with Gasteiger partial charge in [0.1, 0.15) is 26.1 Å². The van der Waals surface area contributed by atoms with E-state index in [1.807, 2.05) is 0 Å². The average molecular weight is 705 g/mol. The number of rotatable bonds is 8. The fraction of sp³-hybridized carbons (Fsp3) is 0.0870. The Kier molecular flexibility index (Phi) is 8.51. The molecular formula is C23H20N4O14S4. The van der Waals surface area contributed by atoms with Gasteiger partial charge in [-0.3, -0.25) is 23.0 Å². The van der Waals surface area contributed by atoms with Crippen molar-refractivity contribution >= 4 is 85.0 Å². The molecule has 22 heteroatoms. The van der Waals surface area contributed by atoms with Gasteiger partial charge in [-0.2, -0.15) is 33.7 Å². The third-order valence-corrected chi connectivity index (χ3v) is 9.76. The van der Waals surface area contributed by atoms with E-state index in [2.05, 4.69) is 15.7 Å². The first-order valence-electron chi connectivity index (χ1n) is 11.8. The van der Waals surface area contributed by atoms with Gasteiger partial charge in [-0.15, -0.1) is 10.2 Å². The molecule has 0 radical (unpaired) electrons. The number of nitrogens with one attached hydrogen (secondary N) is 1. The SMILES string of the molecule is CNN(C(C)=O)c1cc(S(=O)(=O)O)cc2cc(S(=O)(=O)O)c(N=Nc3ccc4c(S(=O)(=O)O)cccc4c3S(=O)(=O)O)c(O)c12. The highest BCUT2D eigenvalue weighted by Crippen LogP contribution is 2.46. The van der Waals surface area contributed by atoms with Crippen LogP contribution in [0, 0.1) is 0 Å². The van der Waals surface area contributed by atoms with Crippen LogP contribution in [-0.2, 0) is 45.3 Å². The number of carbonyl (C=O) groups excluding carboxylic acids is 1. The van der Waals surface area contributed by atoms with E-state index in [4.69, 9.17) is 0 Å². The van der Waals surface area contributed by atoms with Crippen LogP contribution in [-0.4, -0.2) is 69.9 Å². The predicted octanol–water partition coefficient (Wildman–Crippen LogP) is 2.59. The largest absolute Gasteiger partial charge is 0.505 e. The first-order valence-corrected chi connectivity index (χ1v) is 17.5. The van der Waals surface area contributed by atoms with Crippen LogP contribution in [0.4, 0.5) is 17.1 Å². The highest BCUT2D eigenvalue weighted by molar-refractivity contribution is 7.87. The van der Waals surface area contributed by atoms with Crippen molar-refractivity contribution in [2.75, 3.05) is 12.1 Å². The predicted molar refractivity (Wildman–Crippen MR) is 155 cm³/mol. The maximum Gasteiger partial charge on any atom is 0.297 e. The monoisotopic (exact) mass is 704 g/mol. The summed E-state index contributed by atoms with van der Waals surface area (Å²) in [6.07, 6.45) is 0. The van der Waals surface area contributed by atoms with Gasteiger partial charge in [0.15, 0.2) is 5.75 Å². The normalized spacial score (nSPS) is 13.1. The van der Waals surface area contributed by atoms with Crippen LogP contribution in [0.25, 0.3) is 21.5 Å². The molecule has 0 spiro atoms. The van der Waals surface area contributed by atoms with Gasteiger partial charge in [-0.1, -0.05) is 18.2 Å². The van der Waals surface area contributed by atoms with E-state index >= 15 is 0 Å². The van der Waals surface area contributed by atoms with Crippen molar-refractivity contribution in [2.24, 2.45) is 10.2 Å². The lowest BCUT2D eigenvalue weighted by Crippen LogP contribution is -2.39. The summed E-state index contributed by atoms with van der Waals surface area (Å²) in [4.78, 5) is 8.48. The third kappa shape index (κ3) is 6.49. The minimum absolute atomic E-state index is 0.366. The molecule has 4 aromatic carbocycles. The molecule has 18 nitrogen and oxygen atoms in total. The minimum atomic E-state index is -5.33. The summed E-state index contributed by atoms with van der Waals surface area (Å²) < 4.78 is 136. The van der Waals surface area contributed by atoms with E-state index in [-0.39, 0.29) is 5.39 Å². The Labute approximate surface area is 254 Å². The Morgan fingerprint density at radius 2 is 1.38 bits per heavy atom. The summed E-state index contributed by atoms with van der Waals surface area (Å²) in [6, 6.07) is 6.93. The van der Waals surface area contributed by atoms with Gasteiger partial charge in [0.05, 0.1) is 16.0 Å². The topological polar surface area (TPSA) is 295 Å². The lowest BCUT2D eigenvalue weighted by Gasteiger charge is -2.23. The molecule has 4 aromatic rings. The Hall–Kier alpha value is -4.13. The van der Waals surface area contributed by atoms with Crippen LogP contribution in [0.3, 0.4) is 0 Å². The molecule has 0 aromatic heterocycles. The first-order chi connectivity index (χ1) is 20.6. The van der Waals surface area contributed by atoms with Crippen molar-refractivity contribution in [3.8, 4) is 5.75 Å². The van der Waals surface area contributed by atoms with Crippen LogP contribution in [0.15, 0.2) is 78.3 Å². The highest BCUT2D eigenvalue weighted by atomic mass is 32.2. The fourth-order valence-corrected chi connectivity index (χ4v) is 7.20. The zero-order valence-corrected chi connectivity index (χ0v) is 25.8. The second-order valence-corrected chi connectivity index (χ2v) is 14.6. The van der Waals surface area contributed by atoms with Crippen molar-refractivity contribution < 1.29 is 61.8 Å². The molecule has 0 unspecified atom stereocenters. The average Bonchev–Trinajstić information content (AvgIpc) is 2.89. The first kappa shape index (κ1) is 33.8. The summed E-state index contributed by atoms with van der Waals surface area (Å²) in [6.45, 7) is 1.02. The van der Waals surface area contributed by atoms with Gasteiger partial charge < -0.3 is 5.11 Å². The number of nitrogens with zero attached hydrogens (tertiary/aromatic N) is 3. The van der Waals surface area contributed by atoms with Crippen LogP contribution in [0.5, 0.6) is 5.75 Å². The highest BCUT2D eigenvalue weighted by Gasteiger charge is 2.29. The molecule has 1 amide bonds. The van der Waals surface area contributed by atoms with Crippen molar-refractivity contribution in [3.05, 3.63) is 48.5 Å². The molecule has 0 aliphatic carbocycles. The number of fused-ring (bicyclic) bond motifs is 2. The van der Waals surface area contributed by atoms with Crippen LogP contribution < -0.4 is 10.4 Å². The van der Waals surface area contributed by atoms with Gasteiger partial charge in [-0.25, -0.2) is 10.4 Å². The lowest BCUT2D eigenvalue weighted by molar-refractivity contribution is -0.117. The maximum atomic E-state index is 12.4. The number of phenols is 1. The molecule has 0 aliphatic rings. The number of hydrogen-bond acceptors (Lipinski definition) is 13. The molecule has 45 heavy (non-hydrogen) atoms. The standard InChI is InChI=1S/C23H20N4O14S4/c1-11(28)27(24-2)17-10-13(42(30,31)32)8-12-9-19(44(36,37)38)21(22(29)20(12)17)26-25-16-7-6-14-15(23(16)45(39,40)41)4-3-5-18(14)43(33,34)35/h3-10,24,29H,1-2H3,(H,30,31,32)(H,33,34,35)(H,36,37,38)(H,39,40,41). The van der Waals surface area contributed by atoms with Crippen molar-refractivity contribution in [1.82, 2.24) is 5.43 Å². The molecule has 6 N–H and O–H groups in total. The van der Waals surface area contributed by atoms with Crippen molar-refractivity contribution in [2.45, 2.75) is 26.5 Å². The Morgan fingerprint density at radius 3 is 1.89 bits per heavy atom. The number of azo groups is 1. The van der Waals surface area contributed by atoms with Crippen molar-refractivity contribution in [3.63, 3.8) is 0 Å². The molecule has 0 saturated heterocycles. The summed E-state index contributed by atoms with van der Waals surface area (Å²) in [5.41, 5.74) is 0.170. The number of phenolic OH excluding ortho intramolecular Hbond substituents is 1. The number of amides is 1. The quantitative estimate of drug-likeness (QED) is 0.0872. The van der Waals surface area contributed by atoms with E-state index in [0.717, 1.165) is 43.3 Å². The molecular weight excluding hydrogens is 685 g/mol. The van der Waals surface area contributed by atoms with E-state index in [1.165, 1.54) is 7.05 Å². The number of benzene rings is 4. The fourth-order valence-electron chi connectivity index (χ4n) is 4.47. The number of anilines is 1. The molecule has 0 aliphatic heterocycles. The maximum absolute atomic E-state index is 12.4. The molecule has 0 saturated carbocycles. The number of hydrogen-bond donors (Lipinski definition) is 6. The number of carbonyl (C=O) groups is 1. The second kappa shape index (κ2) is 11.3.